The second kappa shape index (κ2) is 25.3. The van der Waals surface area contributed by atoms with Crippen LogP contribution in [0.15, 0.2) is 0 Å². The minimum Gasteiger partial charge on any atom is -0.392 e. The van der Waals surface area contributed by atoms with E-state index in [1.165, 1.54) is 116 Å². The lowest BCUT2D eigenvalue weighted by Gasteiger charge is -2.05. The highest BCUT2D eigenvalue weighted by molar-refractivity contribution is 5.86. The van der Waals surface area contributed by atoms with Gasteiger partial charge >= 0.3 is 11.9 Å². The van der Waals surface area contributed by atoms with E-state index in [1.54, 1.807) is 0 Å². The predicted molar refractivity (Wildman–Crippen MR) is 131 cm³/mol. The molecule has 0 bridgehead atoms. The molecule has 0 fully saturated rings. The van der Waals surface area contributed by atoms with Crippen molar-refractivity contribution in [3.63, 3.8) is 0 Å². The summed E-state index contributed by atoms with van der Waals surface area (Å²) in [7, 11) is 0. The van der Waals surface area contributed by atoms with Crippen LogP contribution in [0, 0.1) is 0 Å². The first-order valence-electron chi connectivity index (χ1n) is 13.3. The second-order valence-corrected chi connectivity index (χ2v) is 8.91. The lowest BCUT2D eigenvalue weighted by Crippen LogP contribution is -2.22. The Hall–Kier alpha value is -0.940. The molecule has 0 amide bonds. The smallest absolute Gasteiger partial charge is 0.327 e. The van der Waals surface area contributed by atoms with E-state index < -0.39 is 11.9 Å². The summed E-state index contributed by atoms with van der Waals surface area (Å²) < 4.78 is 4.52. The molecule has 0 spiro atoms. The quantitative estimate of drug-likeness (QED) is 0.103. The number of unbranched alkanes of at least 4 members (excludes halogenated alkanes) is 17. The van der Waals surface area contributed by atoms with E-state index in [1.807, 2.05) is 0 Å². The number of ether oxygens (including phenoxy) is 1. The zero-order valence-electron chi connectivity index (χ0n) is 20.6. The minimum atomic E-state index is -0.656. The van der Waals surface area contributed by atoms with Gasteiger partial charge in [0.1, 0.15) is 0 Å². The maximum atomic E-state index is 11.3. The lowest BCUT2D eigenvalue weighted by molar-refractivity contribution is -0.158. The van der Waals surface area contributed by atoms with Gasteiger partial charge in [-0.2, -0.15) is 0 Å². The third-order valence-corrected chi connectivity index (χ3v) is 5.84. The summed E-state index contributed by atoms with van der Waals surface area (Å²) in [6.07, 6.45) is 26.0. The zero-order chi connectivity index (χ0) is 22.8. The topological polar surface area (TPSA) is 81.4 Å². The molecule has 5 heteroatoms. The van der Waals surface area contributed by atoms with Crippen LogP contribution >= 0.6 is 0 Å². The van der Waals surface area contributed by atoms with E-state index in [0.29, 0.717) is 6.42 Å². The summed E-state index contributed by atoms with van der Waals surface area (Å²) in [6, 6.07) is 0. The Bertz CT molecular complexity index is 402. The SMILES string of the molecule is CCCCCCCCCCCCCCCCCCCCNCCCC(=O)OC(=O)CN. The maximum Gasteiger partial charge on any atom is 0.327 e. The Labute approximate surface area is 192 Å². The Morgan fingerprint density at radius 2 is 0.968 bits per heavy atom. The Morgan fingerprint density at radius 1 is 0.581 bits per heavy atom. The van der Waals surface area contributed by atoms with Crippen molar-refractivity contribution in [1.29, 1.82) is 0 Å². The number of carbonyl (C=O) groups is 2. The number of carbonyl (C=O) groups excluding carboxylic acids is 2. The molecular weight excluding hydrogens is 388 g/mol. The zero-order valence-corrected chi connectivity index (χ0v) is 20.6. The van der Waals surface area contributed by atoms with Crippen LogP contribution in [-0.4, -0.2) is 31.6 Å². The lowest BCUT2D eigenvalue weighted by atomic mass is 10.0. The first-order valence-corrected chi connectivity index (χ1v) is 13.3. The normalized spacial score (nSPS) is 11.0. The summed E-state index contributed by atoms with van der Waals surface area (Å²) in [5.41, 5.74) is 5.09. The molecule has 0 rings (SSSR count). The Morgan fingerprint density at radius 3 is 1.39 bits per heavy atom. The van der Waals surface area contributed by atoms with E-state index in [0.717, 1.165) is 13.1 Å². The fourth-order valence-corrected chi connectivity index (χ4v) is 3.85. The minimum absolute atomic E-state index is 0.247. The van der Waals surface area contributed by atoms with Gasteiger partial charge in [-0.1, -0.05) is 116 Å². The van der Waals surface area contributed by atoms with Gasteiger partial charge < -0.3 is 15.8 Å². The third kappa shape index (κ3) is 25.2. The molecule has 31 heavy (non-hydrogen) atoms. The summed E-state index contributed by atoms with van der Waals surface area (Å²) in [4.78, 5) is 22.2. The highest BCUT2D eigenvalue weighted by Gasteiger charge is 2.07. The van der Waals surface area contributed by atoms with Crippen molar-refractivity contribution in [1.82, 2.24) is 5.32 Å². The number of hydrogen-bond donors (Lipinski definition) is 2. The monoisotopic (exact) mass is 440 g/mol. The predicted octanol–water partition coefficient (Wildman–Crippen LogP) is 6.43. The van der Waals surface area contributed by atoms with Crippen LogP contribution < -0.4 is 11.1 Å². The highest BCUT2D eigenvalue weighted by Crippen LogP contribution is 2.14. The molecule has 3 N–H and O–H groups in total. The number of nitrogens with one attached hydrogen (secondary N) is 1. The number of esters is 2. The molecule has 0 aromatic heterocycles. The van der Waals surface area contributed by atoms with E-state index >= 15 is 0 Å². The van der Waals surface area contributed by atoms with Crippen molar-refractivity contribution in [3.8, 4) is 0 Å². The molecule has 184 valence electrons. The molecule has 0 aliphatic heterocycles. The van der Waals surface area contributed by atoms with Crippen LogP contribution in [0.5, 0.6) is 0 Å². The first kappa shape index (κ1) is 30.1. The molecule has 0 aliphatic carbocycles. The molecule has 0 unspecified atom stereocenters. The van der Waals surface area contributed by atoms with Crippen molar-refractivity contribution in [3.05, 3.63) is 0 Å². The summed E-state index contributed by atoms with van der Waals surface area (Å²) in [6.45, 7) is 3.81. The summed E-state index contributed by atoms with van der Waals surface area (Å²) in [5.74, 6) is -1.14. The van der Waals surface area contributed by atoms with Gasteiger partial charge in [-0.25, -0.2) is 0 Å². The summed E-state index contributed by atoms with van der Waals surface area (Å²) >= 11 is 0. The molecule has 0 heterocycles. The van der Waals surface area contributed by atoms with Crippen molar-refractivity contribution in [2.24, 2.45) is 5.73 Å². The van der Waals surface area contributed by atoms with Crippen LogP contribution in [0.3, 0.4) is 0 Å². The molecule has 0 aliphatic rings. The number of nitrogens with two attached hydrogens (primary N) is 1. The maximum absolute atomic E-state index is 11.3. The average Bonchev–Trinajstić information content (AvgIpc) is 2.77. The van der Waals surface area contributed by atoms with E-state index in [4.69, 9.17) is 5.73 Å². The molecule has 0 aromatic rings. The van der Waals surface area contributed by atoms with Crippen molar-refractivity contribution in [2.75, 3.05) is 19.6 Å². The molecular formula is C26H52N2O3. The molecule has 0 atom stereocenters. The summed E-state index contributed by atoms with van der Waals surface area (Å²) in [5, 5.41) is 3.35. The van der Waals surface area contributed by atoms with Crippen LogP contribution in [0.2, 0.25) is 0 Å². The fraction of sp³-hybridized carbons (Fsp3) is 0.923. The van der Waals surface area contributed by atoms with Gasteiger partial charge in [0, 0.05) is 6.42 Å². The highest BCUT2D eigenvalue weighted by atomic mass is 16.6. The third-order valence-electron chi connectivity index (χ3n) is 5.84. The van der Waals surface area contributed by atoms with Crippen LogP contribution in [0.4, 0.5) is 0 Å². The van der Waals surface area contributed by atoms with Crippen molar-refractivity contribution in [2.45, 2.75) is 135 Å². The van der Waals surface area contributed by atoms with E-state index in [-0.39, 0.29) is 13.0 Å². The molecule has 0 saturated heterocycles. The van der Waals surface area contributed by atoms with Crippen molar-refractivity contribution >= 4 is 11.9 Å². The largest absolute Gasteiger partial charge is 0.392 e. The fourth-order valence-electron chi connectivity index (χ4n) is 3.85. The van der Waals surface area contributed by atoms with Gasteiger partial charge in [0.25, 0.3) is 0 Å². The van der Waals surface area contributed by atoms with Gasteiger partial charge in [0.2, 0.25) is 0 Å². The van der Waals surface area contributed by atoms with Gasteiger partial charge in [-0.15, -0.1) is 0 Å². The standard InChI is InChI=1S/C26H52N2O3/c1-2-3-4-5-6-7-8-9-10-11-12-13-14-15-16-17-18-19-22-28-23-20-21-25(29)31-26(30)24-27/h28H,2-24,27H2,1H3. The van der Waals surface area contributed by atoms with Crippen molar-refractivity contribution < 1.29 is 14.3 Å². The average molecular weight is 441 g/mol. The molecule has 5 nitrogen and oxygen atoms in total. The van der Waals surface area contributed by atoms with Gasteiger partial charge in [-0.3, -0.25) is 9.59 Å². The first-order chi connectivity index (χ1) is 15.2. The number of rotatable bonds is 24. The number of hydrogen-bond acceptors (Lipinski definition) is 5. The Kier molecular flexibility index (Phi) is 24.6. The second-order valence-electron chi connectivity index (χ2n) is 8.91. The van der Waals surface area contributed by atoms with Crippen LogP contribution in [-0.2, 0) is 14.3 Å². The van der Waals surface area contributed by atoms with E-state index in [2.05, 4.69) is 17.0 Å². The van der Waals surface area contributed by atoms with Crippen LogP contribution in [0.25, 0.3) is 0 Å². The van der Waals surface area contributed by atoms with E-state index in [9.17, 15) is 9.59 Å². The van der Waals surface area contributed by atoms with Crippen LogP contribution in [0.1, 0.15) is 135 Å². The molecule has 0 aromatic carbocycles. The molecule has 0 radical (unpaired) electrons. The molecule has 0 saturated carbocycles. The Balaban J connectivity index is 3.09. The van der Waals surface area contributed by atoms with Gasteiger partial charge in [0.05, 0.1) is 6.54 Å². The van der Waals surface area contributed by atoms with Gasteiger partial charge in [0.15, 0.2) is 0 Å². The van der Waals surface area contributed by atoms with Gasteiger partial charge in [-0.05, 0) is 25.9 Å².